The lowest BCUT2D eigenvalue weighted by Crippen LogP contribution is -2.05. The normalized spacial score (nSPS) is 10.4. The highest BCUT2D eigenvalue weighted by Crippen LogP contribution is 2.34. The molecule has 9 nitrogen and oxygen atoms in total. The number of halogens is 45. The number of aromatic hydroxyl groups is 6. The Morgan fingerprint density at radius 3 is 0.204 bits per heavy atom. The summed E-state index contributed by atoms with van der Waals surface area (Å²) in [5.74, 6) is -109. The second-order valence-electron chi connectivity index (χ2n) is 17.5. The summed E-state index contributed by atoms with van der Waals surface area (Å²) in [5.41, 5.74) is 9.56. The third kappa shape index (κ3) is 19.5. The van der Waals surface area contributed by atoms with Crippen molar-refractivity contribution in [2.75, 3.05) is 17.2 Å². The number of phenols is 6. The van der Waals surface area contributed by atoms with Crippen LogP contribution in [0.2, 0.25) is 0 Å². The molecule has 108 heavy (non-hydrogen) atoms. The lowest BCUT2D eigenvalue weighted by molar-refractivity contribution is 0.325. The lowest BCUT2D eigenvalue weighted by Gasteiger charge is -2.02. The molecule has 0 aromatic heterocycles. The summed E-state index contributed by atoms with van der Waals surface area (Å²) in [6.07, 6.45) is 0. The molecule has 0 saturated heterocycles. The van der Waals surface area contributed by atoms with Gasteiger partial charge in [-0.3, -0.25) is 0 Å². The van der Waals surface area contributed by atoms with Crippen LogP contribution in [0.25, 0.3) is 0 Å². The number of nitrogen functional groups attached to an aromatic ring is 3. The van der Waals surface area contributed by atoms with Crippen molar-refractivity contribution in [1.82, 2.24) is 0 Å². The zero-order valence-electron chi connectivity index (χ0n) is 48.4. The van der Waals surface area contributed by atoms with E-state index in [1.807, 2.05) is 0 Å². The Kier molecular flexibility index (Phi) is 32.5. The second kappa shape index (κ2) is 37.3. The van der Waals surface area contributed by atoms with Gasteiger partial charge in [-0.2, -0.15) is 52.7 Å². The maximum atomic E-state index is 12.3. The van der Waals surface area contributed by atoms with Crippen molar-refractivity contribution in [2.45, 2.75) is 0 Å². The van der Waals surface area contributed by atoms with Crippen LogP contribution < -0.4 is 17.2 Å². The molecular formula is C54H12F45N3O6. The van der Waals surface area contributed by atoms with Crippen molar-refractivity contribution in [2.24, 2.45) is 0 Å². The quantitative estimate of drug-likeness (QED) is 0.0307. The van der Waals surface area contributed by atoms with Crippen molar-refractivity contribution >= 4 is 17.1 Å². The molecule has 0 spiro atoms. The van der Waals surface area contributed by atoms with Crippen LogP contribution in [0.5, 0.6) is 34.5 Å². The number of phenolic OH excluding ortho intramolecular Hbond substituents is 6. The van der Waals surface area contributed by atoms with Crippen LogP contribution >= 0.6 is 0 Å². The van der Waals surface area contributed by atoms with Gasteiger partial charge in [0.05, 0.1) is 0 Å². The van der Waals surface area contributed by atoms with E-state index < -0.39 is 313 Å². The van der Waals surface area contributed by atoms with Crippen molar-refractivity contribution in [1.29, 1.82) is 0 Å². The SMILES string of the molecule is Nc1c(F)c(F)c(F)c(F)c1F.Nc1c(F)c(F)c(F)c(F)c1F.Nc1c(F)c(F)c(F)c(F)c1F.Oc1c(F)c(F)c(F)c(F)c1F.Oc1c(F)c(F)c(F)c(F)c1F.Oc1c(F)c(F)c(F)c(F)c1F.Oc1c(F)c(F)c(F)c(F)c1F.Oc1c(F)c(F)c(F)c(F)c1F.Oc1c(F)c(F)c(F)c(F)c1F. The number of nitrogens with two attached hydrogens (primary N) is 3. The van der Waals surface area contributed by atoms with Gasteiger partial charge >= 0.3 is 0 Å². The molecule has 0 saturated carbocycles. The van der Waals surface area contributed by atoms with Gasteiger partial charge in [-0.15, -0.1) is 0 Å². The number of benzene rings is 9. The van der Waals surface area contributed by atoms with Gasteiger partial charge in [-0.25, -0.2) is 145 Å². The molecule has 9 rings (SSSR count). The molecule has 0 heterocycles. The first kappa shape index (κ1) is 94.0. The van der Waals surface area contributed by atoms with E-state index >= 15 is 0 Å². The van der Waals surface area contributed by atoms with Crippen LogP contribution in [0.4, 0.5) is 215 Å². The van der Waals surface area contributed by atoms with E-state index in [1.54, 1.807) is 0 Å². The molecule has 0 aliphatic rings. The van der Waals surface area contributed by atoms with E-state index in [4.69, 9.17) is 30.6 Å². The van der Waals surface area contributed by atoms with Gasteiger partial charge in [0.2, 0.25) is 192 Å². The van der Waals surface area contributed by atoms with Gasteiger partial charge in [-0.05, 0) is 0 Å². The molecule has 0 amide bonds. The number of hydrogen-bond donors (Lipinski definition) is 9. The average Bonchev–Trinajstić information content (AvgIpc) is 0.895. The predicted octanol–water partition coefficient (Wildman–Crippen LogP) is 18.4. The fraction of sp³-hybridized carbons (Fsp3) is 0. The fourth-order valence-electron chi connectivity index (χ4n) is 5.43. The average molecular weight is 1650 g/mol. The van der Waals surface area contributed by atoms with Gasteiger partial charge in [0, 0.05) is 0 Å². The minimum Gasteiger partial charge on any atom is -0.503 e. The monoisotopic (exact) mass is 1650 g/mol. The highest BCUT2D eigenvalue weighted by atomic mass is 19.2. The smallest absolute Gasteiger partial charge is 0.206 e. The zero-order valence-corrected chi connectivity index (χ0v) is 48.4. The topological polar surface area (TPSA) is 199 Å². The summed E-state index contributed by atoms with van der Waals surface area (Å²) in [7, 11) is 0. The van der Waals surface area contributed by atoms with E-state index in [1.165, 1.54) is 0 Å². The van der Waals surface area contributed by atoms with Crippen molar-refractivity contribution in [3.8, 4) is 34.5 Å². The molecule has 0 unspecified atom stereocenters. The Balaban J connectivity index is 0.000000607. The first-order valence-electron chi connectivity index (χ1n) is 24.2. The number of anilines is 3. The Morgan fingerprint density at radius 1 is 0.0926 bits per heavy atom. The molecule has 9 aromatic rings. The molecule has 0 fully saturated rings. The van der Waals surface area contributed by atoms with E-state index in [2.05, 4.69) is 17.2 Å². The molecule has 0 bridgehead atoms. The second-order valence-corrected chi connectivity index (χ2v) is 17.5. The first-order chi connectivity index (χ1) is 49.2. The van der Waals surface area contributed by atoms with Crippen LogP contribution in [-0.4, -0.2) is 30.6 Å². The molecule has 0 atom stereocenters. The standard InChI is InChI=1S/3C6H2F5N.6C6HF5O/c9*7-1-2(8)4(10)6(12)5(11)3(1)9/h3*12H2;6*12H. The molecular weight excluding hydrogens is 1640 g/mol. The van der Waals surface area contributed by atoms with Gasteiger partial charge in [0.15, 0.2) is 104 Å². The Bertz CT molecular complexity index is 3040. The molecule has 594 valence electrons. The molecule has 0 aliphatic heterocycles. The Labute approximate surface area is 558 Å². The summed E-state index contributed by atoms with van der Waals surface area (Å²) in [4.78, 5) is 0. The summed E-state index contributed by atoms with van der Waals surface area (Å²) in [6.45, 7) is 0. The summed E-state index contributed by atoms with van der Waals surface area (Å²) in [6, 6.07) is 0. The predicted molar refractivity (Wildman–Crippen MR) is 259 cm³/mol. The van der Waals surface area contributed by atoms with Gasteiger partial charge in [0.25, 0.3) is 0 Å². The molecule has 9 aromatic carbocycles. The lowest BCUT2D eigenvalue weighted by atomic mass is 10.2. The third-order valence-corrected chi connectivity index (χ3v) is 10.9. The minimum atomic E-state index is -2.29. The van der Waals surface area contributed by atoms with Gasteiger partial charge in [0.1, 0.15) is 17.1 Å². The molecule has 0 aliphatic carbocycles. The van der Waals surface area contributed by atoms with E-state index in [0.717, 1.165) is 0 Å². The van der Waals surface area contributed by atoms with Crippen molar-refractivity contribution in [3.63, 3.8) is 0 Å². The molecule has 0 radical (unpaired) electrons. The van der Waals surface area contributed by atoms with Crippen LogP contribution in [0, 0.1) is 262 Å². The first-order valence-corrected chi connectivity index (χ1v) is 24.2. The van der Waals surface area contributed by atoms with Crippen molar-refractivity contribution in [3.05, 3.63) is 262 Å². The largest absolute Gasteiger partial charge is 0.503 e. The molecule has 12 N–H and O–H groups in total. The fourth-order valence-corrected chi connectivity index (χ4v) is 5.43. The van der Waals surface area contributed by atoms with Crippen LogP contribution in [0.15, 0.2) is 0 Å². The highest BCUT2D eigenvalue weighted by molar-refractivity contribution is 5.44. The summed E-state index contributed by atoms with van der Waals surface area (Å²) < 4.78 is 547. The van der Waals surface area contributed by atoms with Gasteiger partial charge < -0.3 is 47.8 Å². The van der Waals surface area contributed by atoms with Crippen LogP contribution in [-0.2, 0) is 0 Å². The Hall–Kier alpha value is -12.0. The Morgan fingerprint density at radius 2 is 0.139 bits per heavy atom. The number of rotatable bonds is 0. The number of hydrogen-bond acceptors (Lipinski definition) is 9. The highest BCUT2D eigenvalue weighted by Gasteiger charge is 2.32. The van der Waals surface area contributed by atoms with Crippen molar-refractivity contribution < 1.29 is 228 Å². The summed E-state index contributed by atoms with van der Waals surface area (Å²) in [5, 5.41) is 49.8. The van der Waals surface area contributed by atoms with Crippen LogP contribution in [0.1, 0.15) is 0 Å². The van der Waals surface area contributed by atoms with E-state index in [-0.39, 0.29) is 0 Å². The molecule has 54 heteroatoms. The maximum absolute atomic E-state index is 12.3. The van der Waals surface area contributed by atoms with Crippen LogP contribution in [0.3, 0.4) is 0 Å². The van der Waals surface area contributed by atoms with E-state index in [9.17, 15) is 198 Å². The van der Waals surface area contributed by atoms with E-state index in [0.29, 0.717) is 0 Å². The summed E-state index contributed by atoms with van der Waals surface area (Å²) >= 11 is 0. The zero-order chi connectivity index (χ0) is 85.2. The third-order valence-electron chi connectivity index (χ3n) is 10.9. The van der Waals surface area contributed by atoms with Gasteiger partial charge in [-0.1, -0.05) is 0 Å². The minimum absolute atomic E-state index is 1.37. The maximum Gasteiger partial charge on any atom is 0.206 e.